The molecule has 4 heteroatoms. The third-order valence-electron chi connectivity index (χ3n) is 2.32. The first-order chi connectivity index (χ1) is 6.68. The maximum absolute atomic E-state index is 9.33. The number of H-pyrrole nitrogens is 1. The number of pyridine rings is 1. The van der Waals surface area contributed by atoms with Crippen LogP contribution in [-0.4, -0.2) is 21.2 Å². The molecule has 0 amide bonds. The molecule has 0 aromatic carbocycles. The zero-order valence-electron chi connectivity index (χ0n) is 7.94. The molecule has 2 rings (SSSR count). The first kappa shape index (κ1) is 9.18. The number of nitrogens with zero attached hydrogens (tertiary/aromatic N) is 1. The summed E-state index contributed by atoms with van der Waals surface area (Å²) in [6, 6.07) is 3.43. The molecule has 2 aromatic heterocycles. The minimum absolute atomic E-state index is 0.379. The largest absolute Gasteiger partial charge is 0.391 e. The standard InChI is InChI=1S/C10H13N3O/c1-6(14)10(11)7-4-9-8(13-5-7)2-3-12-9/h2-6,10,12,14H,11H2,1H3. The van der Waals surface area contributed by atoms with Crippen LogP contribution in [0, 0.1) is 0 Å². The van der Waals surface area contributed by atoms with Gasteiger partial charge in [0.25, 0.3) is 0 Å². The lowest BCUT2D eigenvalue weighted by atomic mass is 10.1. The third kappa shape index (κ3) is 1.49. The number of aromatic amines is 1. The van der Waals surface area contributed by atoms with Crippen LogP contribution >= 0.6 is 0 Å². The third-order valence-corrected chi connectivity index (χ3v) is 2.32. The second kappa shape index (κ2) is 3.40. The molecule has 4 nitrogen and oxygen atoms in total. The predicted octanol–water partition coefficient (Wildman–Crippen LogP) is 0.944. The minimum atomic E-state index is -0.566. The molecule has 0 fully saturated rings. The number of rotatable bonds is 2. The van der Waals surface area contributed by atoms with E-state index in [4.69, 9.17) is 5.73 Å². The molecule has 0 spiro atoms. The quantitative estimate of drug-likeness (QED) is 0.661. The molecule has 0 bridgehead atoms. The molecule has 4 N–H and O–H groups in total. The molecule has 2 heterocycles. The number of aliphatic hydroxyl groups excluding tert-OH is 1. The van der Waals surface area contributed by atoms with Gasteiger partial charge in [-0.1, -0.05) is 0 Å². The second-order valence-corrected chi connectivity index (χ2v) is 3.45. The Kier molecular flexibility index (Phi) is 2.23. The van der Waals surface area contributed by atoms with E-state index in [1.807, 2.05) is 18.3 Å². The Labute approximate surface area is 81.8 Å². The van der Waals surface area contributed by atoms with E-state index in [1.54, 1.807) is 13.1 Å². The van der Waals surface area contributed by atoms with Crippen molar-refractivity contribution in [1.82, 2.24) is 9.97 Å². The van der Waals surface area contributed by atoms with Crippen molar-refractivity contribution in [2.24, 2.45) is 5.73 Å². The predicted molar refractivity (Wildman–Crippen MR) is 54.7 cm³/mol. The molecule has 0 saturated heterocycles. The molecule has 0 aliphatic rings. The Morgan fingerprint density at radius 1 is 1.57 bits per heavy atom. The van der Waals surface area contributed by atoms with Crippen molar-refractivity contribution < 1.29 is 5.11 Å². The summed E-state index contributed by atoms with van der Waals surface area (Å²) in [7, 11) is 0. The van der Waals surface area contributed by atoms with Crippen molar-refractivity contribution in [2.45, 2.75) is 19.1 Å². The number of hydrogen-bond donors (Lipinski definition) is 3. The van der Waals surface area contributed by atoms with E-state index in [-0.39, 0.29) is 6.04 Å². The van der Waals surface area contributed by atoms with Gasteiger partial charge in [-0.3, -0.25) is 4.98 Å². The van der Waals surface area contributed by atoms with Crippen molar-refractivity contribution in [3.05, 3.63) is 30.1 Å². The lowest BCUT2D eigenvalue weighted by molar-refractivity contribution is 0.164. The van der Waals surface area contributed by atoms with E-state index >= 15 is 0 Å². The Morgan fingerprint density at radius 3 is 3.07 bits per heavy atom. The van der Waals surface area contributed by atoms with Gasteiger partial charge in [0.15, 0.2) is 0 Å². The highest BCUT2D eigenvalue weighted by molar-refractivity contribution is 5.75. The van der Waals surface area contributed by atoms with E-state index in [9.17, 15) is 5.11 Å². The summed E-state index contributed by atoms with van der Waals surface area (Å²) in [5, 5.41) is 9.33. The fourth-order valence-electron chi connectivity index (χ4n) is 1.41. The van der Waals surface area contributed by atoms with E-state index in [0.29, 0.717) is 0 Å². The van der Waals surface area contributed by atoms with Gasteiger partial charge in [0.2, 0.25) is 0 Å². The lowest BCUT2D eigenvalue weighted by Crippen LogP contribution is -2.23. The summed E-state index contributed by atoms with van der Waals surface area (Å²) < 4.78 is 0. The summed E-state index contributed by atoms with van der Waals surface area (Å²) in [5.74, 6) is 0. The van der Waals surface area contributed by atoms with Gasteiger partial charge in [0, 0.05) is 12.4 Å². The number of nitrogens with two attached hydrogens (primary N) is 1. The Hall–Kier alpha value is -1.39. The molecule has 2 atom stereocenters. The highest BCUT2D eigenvalue weighted by Crippen LogP contribution is 2.17. The molecule has 14 heavy (non-hydrogen) atoms. The molecular weight excluding hydrogens is 178 g/mol. The summed E-state index contributed by atoms with van der Waals surface area (Å²) in [6.07, 6.45) is 2.97. The van der Waals surface area contributed by atoms with Gasteiger partial charge in [-0.15, -0.1) is 0 Å². The molecule has 2 aromatic rings. The van der Waals surface area contributed by atoms with E-state index < -0.39 is 6.10 Å². The molecular formula is C10H13N3O. The van der Waals surface area contributed by atoms with Gasteiger partial charge in [0.05, 0.1) is 23.2 Å². The van der Waals surface area contributed by atoms with Gasteiger partial charge in [-0.2, -0.15) is 0 Å². The first-order valence-corrected chi connectivity index (χ1v) is 4.55. The molecule has 2 unspecified atom stereocenters. The van der Waals surface area contributed by atoms with Crippen molar-refractivity contribution in [1.29, 1.82) is 0 Å². The minimum Gasteiger partial charge on any atom is -0.391 e. The number of hydrogen-bond acceptors (Lipinski definition) is 3. The SMILES string of the molecule is CC(O)C(N)c1cnc2cc[nH]c2c1. The van der Waals surface area contributed by atoms with Gasteiger partial charge in [-0.25, -0.2) is 0 Å². The van der Waals surface area contributed by atoms with Crippen molar-refractivity contribution in [3.63, 3.8) is 0 Å². The molecule has 0 saturated carbocycles. The van der Waals surface area contributed by atoms with Gasteiger partial charge < -0.3 is 15.8 Å². The number of fused-ring (bicyclic) bond motifs is 1. The monoisotopic (exact) mass is 191 g/mol. The molecule has 0 aliphatic heterocycles. The first-order valence-electron chi connectivity index (χ1n) is 4.55. The summed E-state index contributed by atoms with van der Waals surface area (Å²) >= 11 is 0. The highest BCUT2D eigenvalue weighted by atomic mass is 16.3. The van der Waals surface area contributed by atoms with Crippen LogP contribution in [0.25, 0.3) is 11.0 Å². The van der Waals surface area contributed by atoms with Crippen molar-refractivity contribution >= 4 is 11.0 Å². The normalized spacial score (nSPS) is 15.6. The van der Waals surface area contributed by atoms with Gasteiger partial charge in [-0.05, 0) is 24.6 Å². The maximum atomic E-state index is 9.33. The molecule has 0 radical (unpaired) electrons. The smallest absolute Gasteiger partial charge is 0.0878 e. The summed E-state index contributed by atoms with van der Waals surface area (Å²) in [5.41, 5.74) is 8.49. The fraction of sp³-hybridized carbons (Fsp3) is 0.300. The van der Waals surface area contributed by atoms with Gasteiger partial charge >= 0.3 is 0 Å². The van der Waals surface area contributed by atoms with Gasteiger partial charge in [0.1, 0.15) is 0 Å². The molecule has 0 aliphatic carbocycles. The van der Waals surface area contributed by atoms with Crippen LogP contribution in [0.1, 0.15) is 18.5 Å². The Balaban J connectivity index is 2.43. The van der Waals surface area contributed by atoms with Crippen molar-refractivity contribution in [2.75, 3.05) is 0 Å². The van der Waals surface area contributed by atoms with Crippen LogP contribution in [0.5, 0.6) is 0 Å². The van der Waals surface area contributed by atoms with Crippen LogP contribution in [-0.2, 0) is 0 Å². The number of aliphatic hydroxyl groups is 1. The van der Waals surface area contributed by atoms with Crippen LogP contribution in [0.15, 0.2) is 24.5 Å². The zero-order chi connectivity index (χ0) is 10.1. The highest BCUT2D eigenvalue weighted by Gasteiger charge is 2.12. The second-order valence-electron chi connectivity index (χ2n) is 3.45. The number of nitrogens with one attached hydrogen (secondary N) is 1. The Morgan fingerprint density at radius 2 is 2.36 bits per heavy atom. The topological polar surface area (TPSA) is 74.9 Å². The van der Waals surface area contributed by atoms with E-state index in [0.717, 1.165) is 16.6 Å². The van der Waals surface area contributed by atoms with Crippen LogP contribution in [0.2, 0.25) is 0 Å². The summed E-state index contributed by atoms with van der Waals surface area (Å²) in [4.78, 5) is 7.28. The van der Waals surface area contributed by atoms with E-state index in [1.165, 1.54) is 0 Å². The summed E-state index contributed by atoms with van der Waals surface area (Å²) in [6.45, 7) is 1.67. The van der Waals surface area contributed by atoms with Crippen molar-refractivity contribution in [3.8, 4) is 0 Å². The number of aromatic nitrogens is 2. The average Bonchev–Trinajstić information content (AvgIpc) is 2.62. The average molecular weight is 191 g/mol. The fourth-order valence-corrected chi connectivity index (χ4v) is 1.41. The van der Waals surface area contributed by atoms with Crippen LogP contribution in [0.4, 0.5) is 0 Å². The van der Waals surface area contributed by atoms with Crippen LogP contribution in [0.3, 0.4) is 0 Å². The Bertz CT molecular complexity index is 436. The molecule has 74 valence electrons. The lowest BCUT2D eigenvalue weighted by Gasteiger charge is -2.14. The maximum Gasteiger partial charge on any atom is 0.0878 e. The van der Waals surface area contributed by atoms with Crippen LogP contribution < -0.4 is 5.73 Å². The zero-order valence-corrected chi connectivity index (χ0v) is 7.94. The van der Waals surface area contributed by atoms with E-state index in [2.05, 4.69) is 9.97 Å².